The first-order valence-electron chi connectivity index (χ1n) is 8.00. The second-order valence-corrected chi connectivity index (χ2v) is 6.36. The Morgan fingerprint density at radius 1 is 1.08 bits per heavy atom. The zero-order valence-corrected chi connectivity index (χ0v) is 15.5. The lowest BCUT2D eigenvalue weighted by atomic mass is 10.1. The summed E-state index contributed by atoms with van der Waals surface area (Å²) in [4.78, 5) is 20.8. The molecule has 3 aromatic rings. The van der Waals surface area contributed by atoms with E-state index in [0.29, 0.717) is 21.4 Å². The van der Waals surface area contributed by atoms with E-state index in [4.69, 9.17) is 23.2 Å². The van der Waals surface area contributed by atoms with Crippen molar-refractivity contribution in [2.75, 3.05) is 10.6 Å². The minimum absolute atomic E-state index is 0.236. The van der Waals surface area contributed by atoms with Gasteiger partial charge in [-0.2, -0.15) is 0 Å². The molecule has 0 saturated heterocycles. The lowest BCUT2D eigenvalue weighted by Crippen LogP contribution is -2.14. The largest absolute Gasteiger partial charge is 0.323 e. The van der Waals surface area contributed by atoms with Gasteiger partial charge in [0, 0.05) is 16.9 Å². The first kappa shape index (κ1) is 18.2. The van der Waals surface area contributed by atoms with Crippen molar-refractivity contribution in [1.29, 1.82) is 0 Å². The van der Waals surface area contributed by atoms with Crippen LogP contribution in [-0.4, -0.2) is 15.9 Å². The van der Waals surface area contributed by atoms with Crippen LogP contribution >= 0.6 is 23.2 Å². The maximum absolute atomic E-state index is 12.4. The van der Waals surface area contributed by atoms with E-state index in [9.17, 15) is 4.79 Å². The van der Waals surface area contributed by atoms with Crippen LogP contribution in [0, 0.1) is 0 Å². The molecule has 0 bridgehead atoms. The Bertz CT molecular complexity index is 929. The molecule has 0 saturated carbocycles. The summed E-state index contributed by atoms with van der Waals surface area (Å²) in [6.07, 6.45) is 2.45. The third-order valence-electron chi connectivity index (χ3n) is 3.68. The second-order valence-electron chi connectivity index (χ2n) is 5.52. The lowest BCUT2D eigenvalue weighted by Gasteiger charge is -2.09. The predicted octanol–water partition coefficient (Wildman–Crippen LogP) is 5.34. The van der Waals surface area contributed by atoms with Crippen LogP contribution in [0.2, 0.25) is 10.0 Å². The van der Waals surface area contributed by atoms with E-state index in [1.807, 2.05) is 24.3 Å². The van der Waals surface area contributed by atoms with Gasteiger partial charge in [0.15, 0.2) is 0 Å². The smallest absolute Gasteiger partial charge is 0.274 e. The number of carbonyl (C=O) groups is 1. The highest BCUT2D eigenvalue weighted by Crippen LogP contribution is 2.27. The Hall–Kier alpha value is -2.63. The van der Waals surface area contributed by atoms with Crippen molar-refractivity contribution in [3.63, 3.8) is 0 Å². The molecule has 0 unspecified atom stereocenters. The molecule has 132 valence electrons. The Balaban J connectivity index is 1.75. The number of benzene rings is 2. The third kappa shape index (κ3) is 4.50. The van der Waals surface area contributed by atoms with E-state index in [0.717, 1.165) is 6.42 Å². The molecule has 5 nitrogen and oxygen atoms in total. The van der Waals surface area contributed by atoms with E-state index < -0.39 is 0 Å². The van der Waals surface area contributed by atoms with E-state index in [2.05, 4.69) is 27.5 Å². The van der Waals surface area contributed by atoms with Gasteiger partial charge in [-0.3, -0.25) is 4.79 Å². The summed E-state index contributed by atoms with van der Waals surface area (Å²) in [5, 5.41) is 6.79. The Labute approximate surface area is 161 Å². The lowest BCUT2D eigenvalue weighted by molar-refractivity contribution is 0.102. The molecule has 0 atom stereocenters. The Morgan fingerprint density at radius 3 is 2.58 bits per heavy atom. The molecule has 1 aromatic heterocycles. The van der Waals surface area contributed by atoms with Crippen molar-refractivity contribution in [2.45, 2.75) is 13.3 Å². The summed E-state index contributed by atoms with van der Waals surface area (Å²) >= 11 is 12.1. The van der Waals surface area contributed by atoms with Crippen LogP contribution in [0.3, 0.4) is 0 Å². The fourth-order valence-corrected chi connectivity index (χ4v) is 2.61. The molecule has 3 rings (SSSR count). The standard InChI is InChI=1S/C19H16Cl2N4O/c1-2-12-3-6-14(7-4-12)23-18(26)16-9-10-22-19(24-16)25-17-11-13(20)5-8-15(17)21/h3-11H,2H2,1H3,(H,23,26)(H,22,24,25). The first-order chi connectivity index (χ1) is 12.5. The highest BCUT2D eigenvalue weighted by atomic mass is 35.5. The normalized spacial score (nSPS) is 10.4. The van der Waals surface area contributed by atoms with Gasteiger partial charge in [-0.15, -0.1) is 0 Å². The number of aryl methyl sites for hydroxylation is 1. The number of nitrogens with zero attached hydrogens (tertiary/aromatic N) is 2. The summed E-state index contributed by atoms with van der Waals surface area (Å²) in [5.41, 5.74) is 2.71. The predicted molar refractivity (Wildman–Crippen MR) is 106 cm³/mol. The molecule has 0 fully saturated rings. The number of aromatic nitrogens is 2. The topological polar surface area (TPSA) is 66.9 Å². The van der Waals surface area contributed by atoms with E-state index in [1.54, 1.807) is 24.3 Å². The molecular formula is C19H16Cl2N4O. The number of carbonyl (C=O) groups excluding carboxylic acids is 1. The zero-order valence-electron chi connectivity index (χ0n) is 14.0. The van der Waals surface area contributed by atoms with Crippen LogP contribution in [0.15, 0.2) is 54.7 Å². The molecule has 0 radical (unpaired) electrons. The average molecular weight is 387 g/mol. The fourth-order valence-electron chi connectivity index (χ4n) is 2.28. The summed E-state index contributed by atoms with van der Waals surface area (Å²) in [6, 6.07) is 14.2. The number of anilines is 3. The number of hydrogen-bond donors (Lipinski definition) is 2. The molecule has 2 N–H and O–H groups in total. The highest BCUT2D eigenvalue weighted by molar-refractivity contribution is 6.35. The maximum Gasteiger partial charge on any atom is 0.274 e. The minimum atomic E-state index is -0.322. The summed E-state index contributed by atoms with van der Waals surface area (Å²) in [6.45, 7) is 2.08. The molecule has 0 aliphatic carbocycles. The van der Waals surface area contributed by atoms with E-state index >= 15 is 0 Å². The van der Waals surface area contributed by atoms with E-state index in [-0.39, 0.29) is 17.5 Å². The van der Waals surface area contributed by atoms with Gasteiger partial charge >= 0.3 is 0 Å². The Kier molecular flexibility index (Phi) is 5.71. The van der Waals surface area contributed by atoms with E-state index in [1.165, 1.54) is 11.8 Å². The van der Waals surface area contributed by atoms with Crippen molar-refractivity contribution in [3.05, 3.63) is 76.0 Å². The van der Waals surface area contributed by atoms with Crippen molar-refractivity contribution in [3.8, 4) is 0 Å². The van der Waals surface area contributed by atoms with Crippen LogP contribution in [0.5, 0.6) is 0 Å². The molecular weight excluding hydrogens is 371 g/mol. The van der Waals surface area contributed by atoms with Gasteiger partial charge in [0.05, 0.1) is 10.7 Å². The Morgan fingerprint density at radius 2 is 1.85 bits per heavy atom. The minimum Gasteiger partial charge on any atom is -0.323 e. The summed E-state index contributed by atoms with van der Waals surface area (Å²) in [7, 11) is 0. The van der Waals surface area contributed by atoms with Gasteiger partial charge in [0.1, 0.15) is 5.69 Å². The van der Waals surface area contributed by atoms with Crippen molar-refractivity contribution >= 4 is 46.4 Å². The van der Waals surface area contributed by atoms with Crippen molar-refractivity contribution in [1.82, 2.24) is 9.97 Å². The fraction of sp³-hybridized carbons (Fsp3) is 0.105. The maximum atomic E-state index is 12.4. The average Bonchev–Trinajstić information content (AvgIpc) is 2.65. The van der Waals surface area contributed by atoms with Crippen LogP contribution in [0.25, 0.3) is 0 Å². The SMILES string of the molecule is CCc1ccc(NC(=O)c2ccnc(Nc3cc(Cl)ccc3Cl)n2)cc1. The molecule has 0 aliphatic heterocycles. The number of halogens is 2. The number of nitrogens with one attached hydrogen (secondary N) is 2. The van der Waals surface area contributed by atoms with Crippen LogP contribution in [0.4, 0.5) is 17.3 Å². The van der Waals surface area contributed by atoms with Crippen LogP contribution in [-0.2, 0) is 6.42 Å². The van der Waals surface area contributed by atoms with Gasteiger partial charge in [0.2, 0.25) is 5.95 Å². The van der Waals surface area contributed by atoms with Gasteiger partial charge < -0.3 is 10.6 Å². The van der Waals surface area contributed by atoms with Crippen molar-refractivity contribution in [2.24, 2.45) is 0 Å². The van der Waals surface area contributed by atoms with Gasteiger partial charge in [-0.05, 0) is 48.4 Å². The molecule has 1 heterocycles. The van der Waals surface area contributed by atoms with Gasteiger partial charge in [0.25, 0.3) is 5.91 Å². The zero-order chi connectivity index (χ0) is 18.5. The van der Waals surface area contributed by atoms with Crippen LogP contribution < -0.4 is 10.6 Å². The molecule has 0 aliphatic rings. The molecule has 7 heteroatoms. The van der Waals surface area contributed by atoms with Crippen molar-refractivity contribution < 1.29 is 4.79 Å². The summed E-state index contributed by atoms with van der Waals surface area (Å²) in [5.74, 6) is -0.0694. The second kappa shape index (κ2) is 8.17. The molecule has 2 aromatic carbocycles. The van der Waals surface area contributed by atoms with Gasteiger partial charge in [-0.25, -0.2) is 9.97 Å². The number of amides is 1. The summed E-state index contributed by atoms with van der Waals surface area (Å²) < 4.78 is 0. The molecule has 26 heavy (non-hydrogen) atoms. The highest BCUT2D eigenvalue weighted by Gasteiger charge is 2.10. The quantitative estimate of drug-likeness (QED) is 0.620. The van der Waals surface area contributed by atoms with Crippen LogP contribution in [0.1, 0.15) is 23.0 Å². The number of hydrogen-bond acceptors (Lipinski definition) is 4. The molecule has 1 amide bonds. The molecule has 0 spiro atoms. The monoisotopic (exact) mass is 386 g/mol. The van der Waals surface area contributed by atoms with Gasteiger partial charge in [-0.1, -0.05) is 42.3 Å². The first-order valence-corrected chi connectivity index (χ1v) is 8.76. The third-order valence-corrected chi connectivity index (χ3v) is 4.25. The number of rotatable bonds is 5.